The largest absolute Gasteiger partial charge is 0.322 e. The van der Waals surface area contributed by atoms with Crippen molar-refractivity contribution in [1.29, 1.82) is 0 Å². The van der Waals surface area contributed by atoms with E-state index in [1.165, 1.54) is 16.7 Å². The van der Waals surface area contributed by atoms with Crippen LogP contribution in [0.1, 0.15) is 28.4 Å². The molecule has 0 spiro atoms. The van der Waals surface area contributed by atoms with Gasteiger partial charge in [0.15, 0.2) is 0 Å². The second-order valence-corrected chi connectivity index (χ2v) is 4.52. The highest BCUT2D eigenvalue weighted by Gasteiger charge is 2.12. The number of aromatic nitrogens is 3. The molecule has 0 aliphatic heterocycles. The zero-order valence-corrected chi connectivity index (χ0v) is 10.5. The molecule has 2 aromatic rings. The number of nitrogens with zero attached hydrogens (tertiary/aromatic N) is 3. The van der Waals surface area contributed by atoms with Gasteiger partial charge >= 0.3 is 0 Å². The summed E-state index contributed by atoms with van der Waals surface area (Å²) in [5.41, 5.74) is 11.0. The van der Waals surface area contributed by atoms with Gasteiger partial charge in [0.25, 0.3) is 0 Å². The minimum Gasteiger partial charge on any atom is -0.322 e. The summed E-state index contributed by atoms with van der Waals surface area (Å²) < 4.78 is 1.73. The normalized spacial score (nSPS) is 12.7. The highest BCUT2D eigenvalue weighted by Crippen LogP contribution is 2.18. The third kappa shape index (κ3) is 2.53. The molecule has 0 aliphatic carbocycles. The summed E-state index contributed by atoms with van der Waals surface area (Å²) in [7, 11) is 1.87. The number of hydrogen-bond donors (Lipinski definition) is 1. The summed E-state index contributed by atoms with van der Waals surface area (Å²) >= 11 is 0. The van der Waals surface area contributed by atoms with Gasteiger partial charge < -0.3 is 5.73 Å². The Morgan fingerprint density at radius 3 is 2.76 bits per heavy atom. The van der Waals surface area contributed by atoms with E-state index in [-0.39, 0.29) is 6.04 Å². The molecule has 2 N–H and O–H groups in total. The number of aryl methyl sites for hydroxylation is 3. The van der Waals surface area contributed by atoms with Crippen molar-refractivity contribution in [2.75, 3.05) is 0 Å². The Bertz CT molecular complexity index is 516. The molecule has 1 atom stereocenters. The van der Waals surface area contributed by atoms with Crippen molar-refractivity contribution in [2.24, 2.45) is 12.8 Å². The van der Waals surface area contributed by atoms with Gasteiger partial charge in [-0.25, -0.2) is 0 Å². The number of hydrogen-bond acceptors (Lipinski definition) is 3. The summed E-state index contributed by atoms with van der Waals surface area (Å²) in [6.07, 6.45) is 2.55. The lowest BCUT2D eigenvalue weighted by Gasteiger charge is -2.13. The van der Waals surface area contributed by atoms with Crippen molar-refractivity contribution in [2.45, 2.75) is 26.3 Å². The fourth-order valence-electron chi connectivity index (χ4n) is 2.00. The van der Waals surface area contributed by atoms with Gasteiger partial charge in [0.2, 0.25) is 0 Å². The van der Waals surface area contributed by atoms with Crippen LogP contribution in [-0.4, -0.2) is 15.0 Å². The first-order chi connectivity index (χ1) is 8.08. The molecule has 0 aliphatic rings. The third-order valence-electron chi connectivity index (χ3n) is 3.07. The molecule has 4 heteroatoms. The average Bonchev–Trinajstić information content (AvgIpc) is 2.70. The van der Waals surface area contributed by atoms with E-state index in [1.807, 2.05) is 7.05 Å². The molecular formula is C13H18N4. The van der Waals surface area contributed by atoms with E-state index in [9.17, 15) is 0 Å². The Hall–Kier alpha value is -1.68. The molecule has 0 amide bonds. The van der Waals surface area contributed by atoms with Crippen molar-refractivity contribution in [3.8, 4) is 0 Å². The SMILES string of the molecule is Cc1ccc(C)c(CC(N)c2cnnn2C)c1. The smallest absolute Gasteiger partial charge is 0.0754 e. The van der Waals surface area contributed by atoms with Gasteiger partial charge in [-0.05, 0) is 31.4 Å². The van der Waals surface area contributed by atoms with Gasteiger partial charge in [-0.2, -0.15) is 0 Å². The van der Waals surface area contributed by atoms with Crippen molar-refractivity contribution >= 4 is 0 Å². The molecule has 0 bridgehead atoms. The maximum absolute atomic E-state index is 6.19. The highest BCUT2D eigenvalue weighted by atomic mass is 15.4. The third-order valence-corrected chi connectivity index (χ3v) is 3.07. The molecule has 17 heavy (non-hydrogen) atoms. The molecule has 4 nitrogen and oxygen atoms in total. The molecule has 1 unspecified atom stereocenters. The lowest BCUT2D eigenvalue weighted by atomic mass is 9.98. The first kappa shape index (κ1) is 11.8. The van der Waals surface area contributed by atoms with Crippen LogP contribution in [0.3, 0.4) is 0 Å². The molecule has 1 aromatic heterocycles. The summed E-state index contributed by atoms with van der Waals surface area (Å²) in [4.78, 5) is 0. The fraction of sp³-hybridized carbons (Fsp3) is 0.385. The van der Waals surface area contributed by atoms with E-state index < -0.39 is 0 Å². The Morgan fingerprint density at radius 2 is 2.12 bits per heavy atom. The summed E-state index contributed by atoms with van der Waals surface area (Å²) in [5.74, 6) is 0. The van der Waals surface area contributed by atoms with Crippen LogP contribution in [0, 0.1) is 13.8 Å². The molecule has 0 saturated carbocycles. The average molecular weight is 230 g/mol. The quantitative estimate of drug-likeness (QED) is 0.872. The minimum absolute atomic E-state index is 0.0597. The van der Waals surface area contributed by atoms with Gasteiger partial charge in [0.05, 0.1) is 17.9 Å². The zero-order chi connectivity index (χ0) is 12.4. The van der Waals surface area contributed by atoms with Crippen LogP contribution in [0.4, 0.5) is 0 Å². The van der Waals surface area contributed by atoms with Crippen LogP contribution in [0.25, 0.3) is 0 Å². The van der Waals surface area contributed by atoms with Gasteiger partial charge in [0.1, 0.15) is 0 Å². The van der Waals surface area contributed by atoms with Crippen molar-refractivity contribution in [1.82, 2.24) is 15.0 Å². The van der Waals surface area contributed by atoms with Crippen LogP contribution in [0.2, 0.25) is 0 Å². The predicted octanol–water partition coefficient (Wildman–Crippen LogP) is 1.67. The topological polar surface area (TPSA) is 56.7 Å². The molecule has 90 valence electrons. The van der Waals surface area contributed by atoms with Crippen LogP contribution in [-0.2, 0) is 13.5 Å². The predicted molar refractivity (Wildman–Crippen MR) is 67.6 cm³/mol. The molecule has 0 radical (unpaired) electrons. The van der Waals surface area contributed by atoms with Crippen molar-refractivity contribution in [3.63, 3.8) is 0 Å². The van der Waals surface area contributed by atoms with E-state index in [1.54, 1.807) is 10.9 Å². The first-order valence-corrected chi connectivity index (χ1v) is 5.74. The molecule has 1 heterocycles. The molecule has 2 rings (SSSR count). The monoisotopic (exact) mass is 230 g/mol. The second kappa shape index (κ2) is 4.67. The minimum atomic E-state index is -0.0597. The Balaban J connectivity index is 2.21. The van der Waals surface area contributed by atoms with E-state index >= 15 is 0 Å². The summed E-state index contributed by atoms with van der Waals surface area (Å²) in [6.45, 7) is 4.21. The number of rotatable bonds is 3. The lowest BCUT2D eigenvalue weighted by Crippen LogP contribution is -2.17. The summed E-state index contributed by atoms with van der Waals surface area (Å²) in [6, 6.07) is 6.39. The molecule has 0 fully saturated rings. The first-order valence-electron chi connectivity index (χ1n) is 5.74. The Kier molecular flexibility index (Phi) is 3.24. The molecule has 0 saturated heterocycles. The highest BCUT2D eigenvalue weighted by molar-refractivity contribution is 5.31. The lowest BCUT2D eigenvalue weighted by molar-refractivity contribution is 0.606. The van der Waals surface area contributed by atoms with Crippen LogP contribution in [0.15, 0.2) is 24.4 Å². The Morgan fingerprint density at radius 1 is 1.35 bits per heavy atom. The fourth-order valence-corrected chi connectivity index (χ4v) is 2.00. The molecule has 1 aromatic carbocycles. The van der Waals surface area contributed by atoms with Crippen molar-refractivity contribution < 1.29 is 0 Å². The van der Waals surface area contributed by atoms with E-state index in [0.717, 1.165) is 12.1 Å². The maximum Gasteiger partial charge on any atom is 0.0754 e. The van der Waals surface area contributed by atoms with Crippen LogP contribution < -0.4 is 5.73 Å². The summed E-state index contributed by atoms with van der Waals surface area (Å²) in [5, 5.41) is 7.76. The molecular weight excluding hydrogens is 212 g/mol. The second-order valence-electron chi connectivity index (χ2n) is 4.52. The number of nitrogens with two attached hydrogens (primary N) is 1. The Labute approximate surface area is 101 Å². The van der Waals surface area contributed by atoms with Crippen LogP contribution >= 0.6 is 0 Å². The van der Waals surface area contributed by atoms with Crippen LogP contribution in [0.5, 0.6) is 0 Å². The van der Waals surface area contributed by atoms with E-state index in [0.29, 0.717) is 0 Å². The standard InChI is InChI=1S/C13H18N4/c1-9-4-5-10(2)11(6-9)7-12(14)13-8-15-16-17(13)3/h4-6,8,12H,7,14H2,1-3H3. The zero-order valence-electron chi connectivity index (χ0n) is 10.5. The maximum atomic E-state index is 6.19. The van der Waals surface area contributed by atoms with Gasteiger partial charge in [-0.1, -0.05) is 29.0 Å². The van der Waals surface area contributed by atoms with Gasteiger partial charge in [0, 0.05) is 7.05 Å². The number of benzene rings is 1. The van der Waals surface area contributed by atoms with Crippen molar-refractivity contribution in [3.05, 3.63) is 46.8 Å². The van der Waals surface area contributed by atoms with Gasteiger partial charge in [-0.15, -0.1) is 5.10 Å². The van der Waals surface area contributed by atoms with E-state index in [2.05, 4.69) is 42.4 Å². The van der Waals surface area contributed by atoms with E-state index in [4.69, 9.17) is 5.73 Å². The van der Waals surface area contributed by atoms with Gasteiger partial charge in [-0.3, -0.25) is 4.68 Å².